The van der Waals surface area contributed by atoms with Gasteiger partial charge in [-0.2, -0.15) is 0 Å². The zero-order valence-corrected chi connectivity index (χ0v) is 10.6. The van der Waals surface area contributed by atoms with Crippen molar-refractivity contribution in [3.05, 3.63) is 0 Å². The maximum absolute atomic E-state index is 11.4. The summed E-state index contributed by atoms with van der Waals surface area (Å²) >= 11 is 0. The van der Waals surface area contributed by atoms with Gasteiger partial charge in [0.15, 0.2) is 5.75 Å². The van der Waals surface area contributed by atoms with Crippen LogP contribution < -0.4 is 4.72 Å². The zero-order valence-electron chi connectivity index (χ0n) is 9.82. The zero-order chi connectivity index (χ0) is 12.8. The van der Waals surface area contributed by atoms with Crippen LogP contribution in [0.4, 0.5) is 0 Å². The molecule has 0 radical (unpaired) electrons. The highest BCUT2D eigenvalue weighted by atomic mass is 32.2. The second kappa shape index (κ2) is 6.17. The molecule has 0 bridgehead atoms. The van der Waals surface area contributed by atoms with E-state index >= 15 is 0 Å². The molecular weight excluding hydrogens is 234 g/mol. The predicted octanol–water partition coefficient (Wildman–Crippen LogP) is -0.370. The van der Waals surface area contributed by atoms with E-state index in [9.17, 15) is 18.3 Å². The minimum atomic E-state index is -3.73. The van der Waals surface area contributed by atoms with Crippen LogP contribution in [0.2, 0.25) is 0 Å². The fourth-order valence-corrected chi connectivity index (χ4v) is 2.03. The molecule has 16 heavy (non-hydrogen) atoms. The van der Waals surface area contributed by atoms with Crippen LogP contribution in [0.1, 0.15) is 26.7 Å². The monoisotopic (exact) mass is 253 g/mol. The maximum atomic E-state index is 11.4. The van der Waals surface area contributed by atoms with Crippen molar-refractivity contribution in [3.63, 3.8) is 0 Å². The van der Waals surface area contributed by atoms with Crippen LogP contribution in [0.5, 0.6) is 0 Å². The molecule has 0 unspecified atom stereocenters. The van der Waals surface area contributed by atoms with Crippen LogP contribution in [-0.2, 0) is 19.6 Å². The molecule has 0 aliphatic rings. The molecule has 0 fully saturated rings. The lowest BCUT2D eigenvalue weighted by atomic mass is 9.98. The third-order valence-electron chi connectivity index (χ3n) is 2.47. The van der Waals surface area contributed by atoms with E-state index in [-0.39, 0.29) is 6.54 Å². The van der Waals surface area contributed by atoms with E-state index in [1.54, 1.807) is 13.8 Å². The highest BCUT2D eigenvalue weighted by Gasteiger charge is 2.25. The number of hydrogen-bond acceptors (Lipinski definition) is 5. The lowest BCUT2D eigenvalue weighted by Crippen LogP contribution is -2.43. The summed E-state index contributed by atoms with van der Waals surface area (Å²) in [6, 6.07) is 0. The quantitative estimate of drug-likeness (QED) is 0.604. The van der Waals surface area contributed by atoms with Crippen molar-refractivity contribution in [1.82, 2.24) is 4.72 Å². The molecule has 2 N–H and O–H groups in total. The number of carbonyl (C=O) groups excluding carboxylic acids is 1. The van der Waals surface area contributed by atoms with E-state index in [1.807, 2.05) is 0 Å². The Morgan fingerprint density at radius 2 is 1.88 bits per heavy atom. The van der Waals surface area contributed by atoms with Gasteiger partial charge in [-0.1, -0.05) is 13.8 Å². The van der Waals surface area contributed by atoms with E-state index in [0.717, 1.165) is 7.11 Å². The highest BCUT2D eigenvalue weighted by Crippen LogP contribution is 2.13. The van der Waals surface area contributed by atoms with Gasteiger partial charge in [-0.3, -0.25) is 4.79 Å². The summed E-state index contributed by atoms with van der Waals surface area (Å²) in [6.07, 6.45) is 0.870. The minimum Gasteiger partial charge on any atom is -0.468 e. The molecular formula is C9H19NO5S. The van der Waals surface area contributed by atoms with Crippen LogP contribution in [0.15, 0.2) is 0 Å². The maximum Gasteiger partial charge on any atom is 0.322 e. The van der Waals surface area contributed by atoms with Crippen molar-refractivity contribution in [3.8, 4) is 0 Å². The number of nitrogens with one attached hydrogen (secondary N) is 1. The Morgan fingerprint density at radius 1 is 1.38 bits per heavy atom. The Bertz CT molecular complexity index is 321. The lowest BCUT2D eigenvalue weighted by Gasteiger charge is -2.25. The fraction of sp³-hybridized carbons (Fsp3) is 0.889. The van der Waals surface area contributed by atoms with Crippen LogP contribution in [0.3, 0.4) is 0 Å². The molecule has 96 valence electrons. The largest absolute Gasteiger partial charge is 0.468 e. The molecule has 0 atom stereocenters. The Kier molecular flexibility index (Phi) is 5.91. The molecule has 0 aromatic heterocycles. The van der Waals surface area contributed by atoms with E-state index < -0.39 is 27.3 Å². The van der Waals surface area contributed by atoms with E-state index in [4.69, 9.17) is 0 Å². The first-order chi connectivity index (χ1) is 7.28. The summed E-state index contributed by atoms with van der Waals surface area (Å²) in [5.74, 6) is -1.56. The molecule has 0 rings (SSSR count). The summed E-state index contributed by atoms with van der Waals surface area (Å²) < 4.78 is 29.1. The number of rotatable bonds is 7. The molecule has 0 aliphatic carbocycles. The van der Waals surface area contributed by atoms with Gasteiger partial charge in [-0.25, -0.2) is 13.1 Å². The van der Waals surface area contributed by atoms with Crippen molar-refractivity contribution in [2.75, 3.05) is 19.4 Å². The van der Waals surface area contributed by atoms with Crippen molar-refractivity contribution in [1.29, 1.82) is 0 Å². The molecule has 0 saturated carbocycles. The van der Waals surface area contributed by atoms with Gasteiger partial charge < -0.3 is 9.84 Å². The highest BCUT2D eigenvalue weighted by molar-refractivity contribution is 7.90. The van der Waals surface area contributed by atoms with Crippen LogP contribution in [0.25, 0.3) is 0 Å². The fourth-order valence-electron chi connectivity index (χ4n) is 1.01. The molecule has 0 spiro atoms. The van der Waals surface area contributed by atoms with E-state index in [0.29, 0.717) is 12.8 Å². The van der Waals surface area contributed by atoms with Crippen molar-refractivity contribution >= 4 is 16.0 Å². The Balaban J connectivity index is 4.34. The van der Waals surface area contributed by atoms with Crippen LogP contribution in [0, 0.1) is 0 Å². The second-order valence-corrected chi connectivity index (χ2v) is 5.39. The first kappa shape index (κ1) is 15.3. The number of methoxy groups -OCH3 is 1. The molecule has 7 heteroatoms. The topological polar surface area (TPSA) is 92.7 Å². The van der Waals surface area contributed by atoms with Gasteiger partial charge in [-0.05, 0) is 12.8 Å². The molecule has 6 nitrogen and oxygen atoms in total. The average molecular weight is 253 g/mol. The molecule has 0 aliphatic heterocycles. The van der Waals surface area contributed by atoms with Gasteiger partial charge in [0.25, 0.3) is 0 Å². The Hall–Kier alpha value is -0.660. The average Bonchev–Trinajstić information content (AvgIpc) is 2.25. The molecule has 0 saturated heterocycles. The third kappa shape index (κ3) is 5.43. The van der Waals surface area contributed by atoms with Crippen molar-refractivity contribution in [2.24, 2.45) is 0 Å². The van der Waals surface area contributed by atoms with Gasteiger partial charge in [0.05, 0.1) is 12.7 Å². The number of aliphatic hydroxyl groups is 1. The summed E-state index contributed by atoms with van der Waals surface area (Å²) in [7, 11) is -2.61. The van der Waals surface area contributed by atoms with Gasteiger partial charge in [0, 0.05) is 6.54 Å². The summed E-state index contributed by atoms with van der Waals surface area (Å²) in [4.78, 5) is 10.8. The van der Waals surface area contributed by atoms with Gasteiger partial charge in [0.2, 0.25) is 10.0 Å². The van der Waals surface area contributed by atoms with Crippen molar-refractivity contribution < 1.29 is 23.1 Å². The van der Waals surface area contributed by atoms with Crippen LogP contribution >= 0.6 is 0 Å². The molecule has 0 amide bonds. The van der Waals surface area contributed by atoms with Gasteiger partial charge in [-0.15, -0.1) is 0 Å². The first-order valence-corrected chi connectivity index (χ1v) is 6.70. The minimum absolute atomic E-state index is 0.0979. The van der Waals surface area contributed by atoms with Crippen LogP contribution in [-0.4, -0.2) is 44.5 Å². The summed E-state index contributed by atoms with van der Waals surface area (Å²) in [6.45, 7) is 3.43. The summed E-state index contributed by atoms with van der Waals surface area (Å²) in [5.41, 5.74) is -1.07. The molecule has 0 heterocycles. The van der Waals surface area contributed by atoms with Gasteiger partial charge >= 0.3 is 5.97 Å². The second-order valence-electron chi connectivity index (χ2n) is 3.59. The number of sulfonamides is 1. The SMILES string of the molecule is CCC(O)(CC)CNS(=O)(=O)CC(=O)OC. The smallest absolute Gasteiger partial charge is 0.322 e. The standard InChI is InChI=1S/C9H19NO5S/c1-4-9(12,5-2)7-10-16(13,14)6-8(11)15-3/h10,12H,4-7H2,1-3H3. The number of esters is 1. The van der Waals surface area contributed by atoms with E-state index in [2.05, 4.69) is 9.46 Å². The number of ether oxygens (including phenoxy) is 1. The molecule has 0 aromatic carbocycles. The van der Waals surface area contributed by atoms with E-state index in [1.165, 1.54) is 0 Å². The third-order valence-corrected chi connectivity index (χ3v) is 3.67. The van der Waals surface area contributed by atoms with Crippen molar-refractivity contribution in [2.45, 2.75) is 32.3 Å². The first-order valence-electron chi connectivity index (χ1n) is 5.05. The number of hydrogen-bond donors (Lipinski definition) is 2. The Labute approximate surface area is 96.0 Å². The normalized spacial score (nSPS) is 12.5. The van der Waals surface area contributed by atoms with Gasteiger partial charge in [0.1, 0.15) is 0 Å². The Morgan fingerprint density at radius 3 is 2.25 bits per heavy atom. The lowest BCUT2D eigenvalue weighted by molar-refractivity contribution is -0.137. The summed E-state index contributed by atoms with van der Waals surface area (Å²) in [5, 5.41) is 9.84. The molecule has 0 aromatic rings. The predicted molar refractivity (Wildman–Crippen MR) is 59.3 cm³/mol. The number of carbonyl (C=O) groups is 1.